The number of nitrogens with zero attached hydrogens (tertiary/aromatic N) is 4. The van der Waals surface area contributed by atoms with Gasteiger partial charge in [0.2, 0.25) is 0 Å². The van der Waals surface area contributed by atoms with Crippen LogP contribution in [0.5, 0.6) is 0 Å². The van der Waals surface area contributed by atoms with E-state index in [2.05, 4.69) is 38.3 Å². The van der Waals surface area contributed by atoms with E-state index in [9.17, 15) is 5.11 Å². The van der Waals surface area contributed by atoms with Gasteiger partial charge in [0.1, 0.15) is 11.9 Å². The minimum absolute atomic E-state index is 0.0995. The Balaban J connectivity index is 1.29. The van der Waals surface area contributed by atoms with Gasteiger partial charge >= 0.3 is 0 Å². The van der Waals surface area contributed by atoms with Gasteiger partial charge in [-0.25, -0.2) is 9.67 Å². The van der Waals surface area contributed by atoms with E-state index in [4.69, 9.17) is 4.99 Å². The monoisotopic (exact) mass is 489 g/mol. The van der Waals surface area contributed by atoms with Crippen molar-refractivity contribution in [2.24, 2.45) is 16.8 Å². The highest BCUT2D eigenvalue weighted by Crippen LogP contribution is 2.35. The highest BCUT2D eigenvalue weighted by atomic mass is 79.9. The molecule has 7 heteroatoms. The van der Waals surface area contributed by atoms with Crippen LogP contribution in [0.4, 0.5) is 5.82 Å². The van der Waals surface area contributed by atoms with Crippen LogP contribution in [0, 0.1) is 11.8 Å². The van der Waals surface area contributed by atoms with Crippen molar-refractivity contribution < 1.29 is 5.11 Å². The Morgan fingerprint density at radius 1 is 1.26 bits per heavy atom. The Morgan fingerprint density at radius 2 is 2.06 bits per heavy atom. The first kappa shape index (κ1) is 22.7. The lowest BCUT2D eigenvalue weighted by Gasteiger charge is -2.29. The average molecular weight is 490 g/mol. The van der Waals surface area contributed by atoms with Gasteiger partial charge in [-0.05, 0) is 79.8 Å². The standard InChI is InChI=1S/C24H36BrN5O/c1-29(17-18-8-4-2-3-5-9-18)13-7-12-26-23-15-22(19-10-6-11-20(31)14-19)28-24-21(25)16-27-30(23)24/h6,11,14,16,18-19,23,26,31H,2-5,7-10,12-13,15,17H2,1H3. The fraction of sp³-hybridized carbons (Fsp3) is 0.667. The Labute approximate surface area is 194 Å². The van der Waals surface area contributed by atoms with Gasteiger partial charge in [0.15, 0.2) is 5.82 Å². The number of aromatic nitrogens is 2. The van der Waals surface area contributed by atoms with Crippen molar-refractivity contribution in [1.82, 2.24) is 20.0 Å². The number of aliphatic hydroxyl groups is 1. The second-order valence-electron chi connectivity index (χ2n) is 9.35. The van der Waals surface area contributed by atoms with Crippen LogP contribution in [0.15, 0.2) is 39.6 Å². The highest BCUT2D eigenvalue weighted by Gasteiger charge is 2.28. The van der Waals surface area contributed by atoms with E-state index in [1.54, 1.807) is 6.08 Å². The predicted octanol–water partition coefficient (Wildman–Crippen LogP) is 5.52. The molecular weight excluding hydrogens is 454 g/mol. The summed E-state index contributed by atoms with van der Waals surface area (Å²) in [5.74, 6) is 2.23. The number of allylic oxidation sites excluding steroid dienone is 3. The zero-order valence-corrected chi connectivity index (χ0v) is 20.2. The number of hydrogen-bond donors (Lipinski definition) is 2. The lowest BCUT2D eigenvalue weighted by molar-refractivity contribution is 0.252. The Hall–Kier alpha value is -1.44. The van der Waals surface area contributed by atoms with E-state index in [-0.39, 0.29) is 12.1 Å². The van der Waals surface area contributed by atoms with Crippen molar-refractivity contribution in [3.63, 3.8) is 0 Å². The van der Waals surface area contributed by atoms with Crippen LogP contribution in [0.1, 0.15) is 64.0 Å². The molecule has 0 aromatic carbocycles. The highest BCUT2D eigenvalue weighted by molar-refractivity contribution is 9.10. The summed E-state index contributed by atoms with van der Waals surface area (Å²) in [6.45, 7) is 3.31. The largest absolute Gasteiger partial charge is 0.508 e. The maximum Gasteiger partial charge on any atom is 0.166 e. The zero-order chi connectivity index (χ0) is 21.6. The first-order valence-corrected chi connectivity index (χ1v) is 12.7. The lowest BCUT2D eigenvalue weighted by Crippen LogP contribution is -2.35. The van der Waals surface area contributed by atoms with Gasteiger partial charge in [-0.2, -0.15) is 5.10 Å². The van der Waals surface area contributed by atoms with E-state index in [0.717, 1.165) is 54.3 Å². The van der Waals surface area contributed by atoms with Crippen molar-refractivity contribution in [1.29, 1.82) is 0 Å². The molecule has 2 heterocycles. The van der Waals surface area contributed by atoms with Crippen LogP contribution < -0.4 is 5.32 Å². The molecular formula is C24H36BrN5O. The van der Waals surface area contributed by atoms with Gasteiger partial charge < -0.3 is 10.0 Å². The number of hydrogen-bond acceptors (Lipinski definition) is 5. The molecule has 0 spiro atoms. The molecule has 170 valence electrons. The fourth-order valence-corrected chi connectivity index (χ4v) is 5.48. The number of aliphatic hydroxyl groups excluding tert-OH is 1. The molecule has 2 N–H and O–H groups in total. The number of aliphatic imine (C=N–C) groups is 1. The molecule has 31 heavy (non-hydrogen) atoms. The third-order valence-electron chi connectivity index (χ3n) is 6.79. The van der Waals surface area contributed by atoms with Crippen molar-refractivity contribution >= 4 is 27.5 Å². The zero-order valence-electron chi connectivity index (χ0n) is 18.6. The van der Waals surface area contributed by atoms with Crippen LogP contribution in [-0.4, -0.2) is 52.2 Å². The van der Waals surface area contributed by atoms with Gasteiger partial charge in [0.05, 0.1) is 10.7 Å². The minimum atomic E-state index is 0.0995. The predicted molar refractivity (Wildman–Crippen MR) is 130 cm³/mol. The summed E-state index contributed by atoms with van der Waals surface area (Å²) in [6.07, 6.45) is 18.9. The van der Waals surface area contributed by atoms with Gasteiger partial charge in [-0.1, -0.05) is 31.8 Å². The molecule has 0 bridgehead atoms. The van der Waals surface area contributed by atoms with Crippen LogP contribution in [0.3, 0.4) is 0 Å². The molecule has 1 aromatic rings. The summed E-state index contributed by atoms with van der Waals surface area (Å²) < 4.78 is 2.91. The number of nitrogens with one attached hydrogen (secondary N) is 1. The number of rotatable bonds is 8. The maximum absolute atomic E-state index is 9.92. The third kappa shape index (κ3) is 6.08. The summed E-state index contributed by atoms with van der Waals surface area (Å²) >= 11 is 3.59. The second kappa shape index (κ2) is 10.9. The topological polar surface area (TPSA) is 65.7 Å². The fourth-order valence-electron chi connectivity index (χ4n) is 5.12. The van der Waals surface area contributed by atoms with E-state index in [1.807, 2.05) is 23.0 Å². The second-order valence-corrected chi connectivity index (χ2v) is 10.2. The summed E-state index contributed by atoms with van der Waals surface area (Å²) in [6, 6.07) is 0. The molecule has 1 aliphatic heterocycles. The number of fused-ring (bicyclic) bond motifs is 1. The van der Waals surface area contributed by atoms with E-state index in [1.165, 1.54) is 45.1 Å². The molecule has 1 saturated carbocycles. The molecule has 2 atom stereocenters. The van der Waals surface area contributed by atoms with Crippen molar-refractivity contribution in [2.45, 2.75) is 64.0 Å². The molecule has 0 amide bonds. The van der Waals surface area contributed by atoms with Crippen LogP contribution in [-0.2, 0) is 0 Å². The normalized spacial score (nSPS) is 24.6. The minimum Gasteiger partial charge on any atom is -0.508 e. The maximum atomic E-state index is 9.92. The molecule has 3 aliphatic rings. The van der Waals surface area contributed by atoms with E-state index < -0.39 is 0 Å². The average Bonchev–Trinajstić information content (AvgIpc) is 2.96. The van der Waals surface area contributed by atoms with Crippen LogP contribution >= 0.6 is 15.9 Å². The van der Waals surface area contributed by atoms with E-state index in [0.29, 0.717) is 5.76 Å². The molecule has 2 aliphatic carbocycles. The molecule has 0 radical (unpaired) electrons. The third-order valence-corrected chi connectivity index (χ3v) is 7.35. The lowest BCUT2D eigenvalue weighted by atomic mass is 9.91. The summed E-state index contributed by atoms with van der Waals surface area (Å²) in [7, 11) is 2.27. The van der Waals surface area contributed by atoms with Gasteiger partial charge in [0, 0.05) is 24.6 Å². The Morgan fingerprint density at radius 3 is 2.84 bits per heavy atom. The smallest absolute Gasteiger partial charge is 0.166 e. The Kier molecular flexibility index (Phi) is 8.02. The quantitative estimate of drug-likeness (QED) is 0.372. The Bertz CT molecular complexity index is 822. The van der Waals surface area contributed by atoms with Crippen molar-refractivity contribution in [3.8, 4) is 0 Å². The molecule has 2 unspecified atom stereocenters. The van der Waals surface area contributed by atoms with Crippen LogP contribution in [0.25, 0.3) is 0 Å². The van der Waals surface area contributed by atoms with Gasteiger partial charge in [-0.3, -0.25) is 5.32 Å². The van der Waals surface area contributed by atoms with Gasteiger partial charge in [-0.15, -0.1) is 0 Å². The van der Waals surface area contributed by atoms with E-state index >= 15 is 0 Å². The van der Waals surface area contributed by atoms with Crippen LogP contribution in [0.2, 0.25) is 0 Å². The molecule has 6 nitrogen and oxygen atoms in total. The first-order valence-electron chi connectivity index (χ1n) is 11.9. The molecule has 1 aromatic heterocycles. The van der Waals surface area contributed by atoms with Crippen molar-refractivity contribution in [3.05, 3.63) is 34.7 Å². The number of halogens is 1. The molecule has 4 rings (SSSR count). The summed E-state index contributed by atoms with van der Waals surface area (Å²) in [5, 5.41) is 18.2. The summed E-state index contributed by atoms with van der Waals surface area (Å²) in [5.41, 5.74) is 1.10. The first-order chi connectivity index (χ1) is 15.1. The SMILES string of the molecule is CN(CCCNC1CC(C2C=C(O)C=CC2)=Nc2c(Br)cnn21)CC1CCCCCC1. The van der Waals surface area contributed by atoms with Gasteiger partial charge in [0.25, 0.3) is 0 Å². The summed E-state index contributed by atoms with van der Waals surface area (Å²) in [4.78, 5) is 7.39. The molecule has 1 fully saturated rings. The molecule has 0 saturated heterocycles. The van der Waals surface area contributed by atoms with Crippen molar-refractivity contribution in [2.75, 3.05) is 26.7 Å².